The van der Waals surface area contributed by atoms with Crippen molar-refractivity contribution in [2.45, 2.75) is 31.9 Å². The van der Waals surface area contributed by atoms with Gasteiger partial charge in [0.05, 0.1) is 18.9 Å². The number of rotatable bonds is 5. The van der Waals surface area contributed by atoms with Crippen LogP contribution < -0.4 is 10.1 Å². The zero-order valence-corrected chi connectivity index (χ0v) is 14.3. The summed E-state index contributed by atoms with van der Waals surface area (Å²) in [6.45, 7) is 3.15. The maximum Gasteiger partial charge on any atom is 0.390 e. The zero-order valence-electron chi connectivity index (χ0n) is 14.3. The maximum atomic E-state index is 13.1. The van der Waals surface area contributed by atoms with Crippen LogP contribution in [0.2, 0.25) is 0 Å². The van der Waals surface area contributed by atoms with Gasteiger partial charge in [-0.25, -0.2) is 0 Å². The molecule has 1 amide bonds. The lowest BCUT2D eigenvalue weighted by molar-refractivity contribution is -0.155. The van der Waals surface area contributed by atoms with Crippen LogP contribution >= 0.6 is 0 Å². The molecule has 0 saturated carbocycles. The lowest BCUT2D eigenvalue weighted by Crippen LogP contribution is -2.41. The number of aryl methyl sites for hydroxylation is 1. The van der Waals surface area contributed by atoms with Crippen molar-refractivity contribution in [1.29, 1.82) is 0 Å². The number of anilines is 1. The molecule has 0 spiro atoms. The van der Waals surface area contributed by atoms with Crippen LogP contribution in [0, 0.1) is 6.92 Å². The number of benzene rings is 2. The summed E-state index contributed by atoms with van der Waals surface area (Å²) >= 11 is 0. The van der Waals surface area contributed by atoms with Gasteiger partial charge >= 0.3 is 6.18 Å². The molecule has 2 rings (SSSR count). The van der Waals surface area contributed by atoms with E-state index < -0.39 is 23.9 Å². The Bertz CT molecular complexity index is 724. The van der Waals surface area contributed by atoms with E-state index in [1.54, 1.807) is 48.5 Å². The normalized spacial score (nSPS) is 13.8. The Morgan fingerprint density at radius 3 is 2.08 bits per heavy atom. The third-order valence-corrected chi connectivity index (χ3v) is 4.09. The van der Waals surface area contributed by atoms with Crippen molar-refractivity contribution in [2.75, 3.05) is 12.4 Å². The van der Waals surface area contributed by atoms with Gasteiger partial charge in [0.1, 0.15) is 5.75 Å². The first-order chi connectivity index (χ1) is 11.6. The molecule has 0 saturated heterocycles. The molecule has 1 atom stereocenters. The number of carbonyl (C=O) groups excluding carboxylic acids is 1. The summed E-state index contributed by atoms with van der Waals surface area (Å²) in [5, 5.41) is 2.58. The second-order valence-electron chi connectivity index (χ2n) is 6.17. The van der Waals surface area contributed by atoms with Gasteiger partial charge in [0.2, 0.25) is 5.91 Å². The highest BCUT2D eigenvalue weighted by atomic mass is 19.4. The van der Waals surface area contributed by atoms with E-state index in [0.29, 0.717) is 17.0 Å². The molecule has 0 aliphatic rings. The van der Waals surface area contributed by atoms with Crippen LogP contribution in [0.15, 0.2) is 48.5 Å². The van der Waals surface area contributed by atoms with Gasteiger partial charge in [0.25, 0.3) is 0 Å². The first-order valence-electron chi connectivity index (χ1n) is 7.73. The van der Waals surface area contributed by atoms with Crippen molar-refractivity contribution in [3.63, 3.8) is 0 Å². The fraction of sp³-hybridized carbons (Fsp3) is 0.316. The van der Waals surface area contributed by atoms with Crippen LogP contribution in [0.5, 0.6) is 5.75 Å². The summed E-state index contributed by atoms with van der Waals surface area (Å²) in [5.74, 6) is -0.117. The van der Waals surface area contributed by atoms with E-state index in [9.17, 15) is 18.0 Å². The number of alkyl halides is 3. The number of amides is 1. The van der Waals surface area contributed by atoms with Crippen molar-refractivity contribution in [2.24, 2.45) is 0 Å². The molecule has 25 heavy (non-hydrogen) atoms. The van der Waals surface area contributed by atoms with E-state index in [2.05, 4.69) is 5.32 Å². The van der Waals surface area contributed by atoms with Crippen molar-refractivity contribution >= 4 is 11.6 Å². The molecule has 0 bridgehead atoms. The summed E-state index contributed by atoms with van der Waals surface area (Å²) in [7, 11) is 1.51. The minimum Gasteiger partial charge on any atom is -0.497 e. The van der Waals surface area contributed by atoms with E-state index in [-0.39, 0.29) is 0 Å². The number of nitrogens with one attached hydrogen (secondary N) is 1. The minimum absolute atomic E-state index is 0.321. The monoisotopic (exact) mass is 351 g/mol. The maximum absolute atomic E-state index is 13.1. The lowest BCUT2D eigenvalue weighted by Gasteiger charge is -2.30. The van der Waals surface area contributed by atoms with Crippen LogP contribution in [0.3, 0.4) is 0 Å². The standard InChI is InChI=1S/C19H20F3NO2/c1-13-4-6-14(7-5-13)18(2,12-19(20,21)22)17(24)23-15-8-10-16(25-3)11-9-15/h4-11H,12H2,1-3H3,(H,23,24). The van der Waals surface area contributed by atoms with Gasteiger partial charge in [-0.2, -0.15) is 13.2 Å². The fourth-order valence-corrected chi connectivity index (χ4v) is 2.58. The third-order valence-electron chi connectivity index (χ3n) is 4.09. The molecule has 3 nitrogen and oxygen atoms in total. The van der Waals surface area contributed by atoms with Crippen molar-refractivity contribution in [1.82, 2.24) is 0 Å². The van der Waals surface area contributed by atoms with Gasteiger partial charge in [-0.05, 0) is 43.7 Å². The molecule has 2 aromatic carbocycles. The second-order valence-corrected chi connectivity index (χ2v) is 6.17. The third kappa shape index (κ3) is 4.75. The van der Waals surface area contributed by atoms with Crippen molar-refractivity contribution in [3.8, 4) is 5.75 Å². The van der Waals surface area contributed by atoms with Crippen molar-refractivity contribution in [3.05, 3.63) is 59.7 Å². The summed E-state index contributed by atoms with van der Waals surface area (Å²) in [4.78, 5) is 12.7. The molecule has 0 aliphatic carbocycles. The predicted molar refractivity (Wildman–Crippen MR) is 90.8 cm³/mol. The molecule has 6 heteroatoms. The highest BCUT2D eigenvalue weighted by Gasteiger charge is 2.45. The van der Waals surface area contributed by atoms with Gasteiger partial charge in [-0.1, -0.05) is 29.8 Å². The van der Waals surface area contributed by atoms with Gasteiger partial charge in [-0.3, -0.25) is 4.79 Å². The van der Waals surface area contributed by atoms with Gasteiger partial charge in [0, 0.05) is 5.69 Å². The summed E-state index contributed by atoms with van der Waals surface area (Å²) in [5.41, 5.74) is -0.0901. The summed E-state index contributed by atoms with van der Waals surface area (Å²) in [6.07, 6.45) is -5.72. The number of halogens is 3. The highest BCUT2D eigenvalue weighted by Crippen LogP contribution is 2.37. The number of methoxy groups -OCH3 is 1. The molecule has 0 fully saturated rings. The minimum atomic E-state index is -4.48. The van der Waals surface area contributed by atoms with Crippen LogP contribution in [0.25, 0.3) is 0 Å². The first kappa shape index (κ1) is 18.8. The average molecular weight is 351 g/mol. The summed E-state index contributed by atoms with van der Waals surface area (Å²) in [6, 6.07) is 12.9. The van der Waals surface area contributed by atoms with Crippen LogP contribution in [0.1, 0.15) is 24.5 Å². The molecule has 1 unspecified atom stereocenters. The largest absolute Gasteiger partial charge is 0.497 e. The topological polar surface area (TPSA) is 38.3 Å². The van der Waals surface area contributed by atoms with Gasteiger partial charge < -0.3 is 10.1 Å². The van der Waals surface area contributed by atoms with Gasteiger partial charge in [0.15, 0.2) is 0 Å². The molecule has 1 N–H and O–H groups in total. The SMILES string of the molecule is COc1ccc(NC(=O)C(C)(CC(F)(F)F)c2ccc(C)cc2)cc1. The fourth-order valence-electron chi connectivity index (χ4n) is 2.58. The van der Waals surface area contributed by atoms with Gasteiger partial charge in [-0.15, -0.1) is 0 Å². The molecular weight excluding hydrogens is 331 g/mol. The Balaban J connectivity index is 2.33. The van der Waals surface area contributed by atoms with E-state index >= 15 is 0 Å². The molecule has 0 heterocycles. The molecule has 0 radical (unpaired) electrons. The molecular formula is C19H20F3NO2. The van der Waals surface area contributed by atoms with Crippen molar-refractivity contribution < 1.29 is 22.7 Å². The Hall–Kier alpha value is -2.50. The lowest BCUT2D eigenvalue weighted by atomic mass is 9.78. The number of ether oxygens (including phenoxy) is 1. The Morgan fingerprint density at radius 2 is 1.60 bits per heavy atom. The Labute approximate surface area is 144 Å². The second kappa shape index (κ2) is 7.17. The quantitative estimate of drug-likeness (QED) is 0.836. The Morgan fingerprint density at radius 1 is 1.04 bits per heavy atom. The first-order valence-corrected chi connectivity index (χ1v) is 7.73. The summed E-state index contributed by atoms with van der Waals surface area (Å²) < 4.78 is 44.4. The Kier molecular flexibility index (Phi) is 5.40. The molecule has 0 aliphatic heterocycles. The number of hydrogen-bond donors (Lipinski definition) is 1. The molecule has 0 aromatic heterocycles. The van der Waals surface area contributed by atoms with Crippen LogP contribution in [-0.2, 0) is 10.2 Å². The number of hydrogen-bond acceptors (Lipinski definition) is 2. The predicted octanol–water partition coefficient (Wildman–Crippen LogP) is 4.85. The van der Waals surface area contributed by atoms with E-state index in [1.807, 2.05) is 6.92 Å². The van der Waals surface area contributed by atoms with Crippen LogP contribution in [0.4, 0.5) is 18.9 Å². The van der Waals surface area contributed by atoms with E-state index in [0.717, 1.165) is 5.56 Å². The average Bonchev–Trinajstić information content (AvgIpc) is 2.54. The molecule has 2 aromatic rings. The molecule has 134 valence electrons. The van der Waals surface area contributed by atoms with E-state index in [4.69, 9.17) is 4.74 Å². The van der Waals surface area contributed by atoms with E-state index in [1.165, 1.54) is 14.0 Å². The smallest absolute Gasteiger partial charge is 0.390 e. The van der Waals surface area contributed by atoms with Crippen LogP contribution in [-0.4, -0.2) is 19.2 Å². The zero-order chi connectivity index (χ0) is 18.7. The number of carbonyl (C=O) groups is 1. The highest BCUT2D eigenvalue weighted by molar-refractivity contribution is 5.99.